The molecule has 0 saturated carbocycles. The number of ether oxygens (including phenoxy) is 1. The number of nitrogens with zero attached hydrogens (tertiary/aromatic N) is 1. The van der Waals surface area contributed by atoms with Gasteiger partial charge in [-0.25, -0.2) is 0 Å². The van der Waals surface area contributed by atoms with Crippen LogP contribution in [0.25, 0.3) is 0 Å². The summed E-state index contributed by atoms with van der Waals surface area (Å²) in [6.45, 7) is 0.447. The molecular weight excluding hydrogens is 283 g/mol. The molecule has 114 valence electrons. The van der Waals surface area contributed by atoms with Crippen LogP contribution in [0.5, 0.6) is 5.75 Å². The summed E-state index contributed by atoms with van der Waals surface area (Å²) in [7, 11) is 0. The van der Waals surface area contributed by atoms with Gasteiger partial charge in [0, 0.05) is 13.0 Å². The number of nitrogens with two attached hydrogens (primary N) is 1. The standard InChI is InChI=1S/C14H16F3N3O/c1-2-3-4-7-10-19-13(18)20-11-8-5-6-9-12(11)21-14(15,16)17/h1,5-6,8-9H,3-4,7,10H2,(H3,18,19,20). The molecule has 0 aliphatic heterocycles. The maximum absolute atomic E-state index is 12.3. The van der Waals surface area contributed by atoms with Crippen LogP contribution in [0.15, 0.2) is 29.3 Å². The van der Waals surface area contributed by atoms with Gasteiger partial charge in [-0.2, -0.15) is 0 Å². The smallest absolute Gasteiger partial charge is 0.404 e. The molecule has 0 aliphatic rings. The van der Waals surface area contributed by atoms with E-state index in [1.54, 1.807) is 6.07 Å². The number of rotatable bonds is 6. The zero-order valence-corrected chi connectivity index (χ0v) is 11.3. The number of alkyl halides is 3. The molecule has 0 aromatic heterocycles. The van der Waals surface area contributed by atoms with Gasteiger partial charge in [-0.05, 0) is 25.0 Å². The summed E-state index contributed by atoms with van der Waals surface area (Å²) in [5.74, 6) is 2.16. The van der Waals surface area contributed by atoms with E-state index in [0.717, 1.165) is 12.8 Å². The fourth-order valence-corrected chi connectivity index (χ4v) is 1.50. The van der Waals surface area contributed by atoms with Crippen molar-refractivity contribution in [3.05, 3.63) is 24.3 Å². The third kappa shape index (κ3) is 7.11. The summed E-state index contributed by atoms with van der Waals surface area (Å²) in [5.41, 5.74) is 5.71. The van der Waals surface area contributed by atoms with Crippen LogP contribution < -0.4 is 15.8 Å². The Morgan fingerprint density at radius 2 is 2.05 bits per heavy atom. The molecule has 0 radical (unpaired) electrons. The van der Waals surface area contributed by atoms with Crippen LogP contribution >= 0.6 is 0 Å². The van der Waals surface area contributed by atoms with Crippen molar-refractivity contribution in [1.29, 1.82) is 0 Å². The van der Waals surface area contributed by atoms with Crippen molar-refractivity contribution in [3.8, 4) is 18.1 Å². The molecule has 1 rings (SSSR count). The van der Waals surface area contributed by atoms with Gasteiger partial charge in [0.1, 0.15) is 0 Å². The van der Waals surface area contributed by atoms with E-state index < -0.39 is 6.36 Å². The number of terminal acetylenes is 1. The van der Waals surface area contributed by atoms with Crippen molar-refractivity contribution in [2.45, 2.75) is 25.6 Å². The monoisotopic (exact) mass is 299 g/mol. The number of guanidine groups is 1. The fraction of sp³-hybridized carbons (Fsp3) is 0.357. The van der Waals surface area contributed by atoms with Crippen molar-refractivity contribution in [2.75, 3.05) is 11.9 Å². The highest BCUT2D eigenvalue weighted by atomic mass is 19.4. The first-order chi connectivity index (χ1) is 9.92. The Bertz CT molecular complexity index is 521. The van der Waals surface area contributed by atoms with Gasteiger partial charge in [-0.15, -0.1) is 25.5 Å². The minimum atomic E-state index is -4.76. The van der Waals surface area contributed by atoms with Crippen molar-refractivity contribution in [3.63, 3.8) is 0 Å². The van der Waals surface area contributed by atoms with E-state index >= 15 is 0 Å². The number of unbranched alkanes of at least 4 members (excludes halogenated alkanes) is 2. The van der Waals surface area contributed by atoms with E-state index in [0.29, 0.717) is 13.0 Å². The number of benzene rings is 1. The fourth-order valence-electron chi connectivity index (χ4n) is 1.50. The van der Waals surface area contributed by atoms with E-state index in [1.165, 1.54) is 18.2 Å². The van der Waals surface area contributed by atoms with Crippen LogP contribution in [0.2, 0.25) is 0 Å². The molecule has 0 saturated heterocycles. The molecule has 0 amide bonds. The Labute approximate surface area is 121 Å². The minimum Gasteiger partial charge on any atom is -0.404 e. The predicted octanol–water partition coefficient (Wildman–Crippen LogP) is 3.12. The zero-order valence-electron chi connectivity index (χ0n) is 11.3. The van der Waals surface area contributed by atoms with Crippen molar-refractivity contribution < 1.29 is 17.9 Å². The molecule has 7 heteroatoms. The Kier molecular flexibility index (Phi) is 6.40. The molecule has 0 aliphatic carbocycles. The molecule has 0 atom stereocenters. The van der Waals surface area contributed by atoms with Gasteiger partial charge in [0.05, 0.1) is 5.69 Å². The lowest BCUT2D eigenvalue weighted by atomic mass is 10.2. The first-order valence-electron chi connectivity index (χ1n) is 6.27. The first-order valence-corrected chi connectivity index (χ1v) is 6.27. The van der Waals surface area contributed by atoms with E-state index in [-0.39, 0.29) is 17.4 Å². The van der Waals surface area contributed by atoms with Crippen molar-refractivity contribution >= 4 is 11.6 Å². The molecule has 0 bridgehead atoms. The average Bonchev–Trinajstić information content (AvgIpc) is 2.39. The zero-order chi connectivity index (χ0) is 15.7. The number of aliphatic imine (C=N–C) groups is 1. The van der Waals surface area contributed by atoms with Crippen LogP contribution in [0.4, 0.5) is 18.9 Å². The molecule has 1 aromatic carbocycles. The largest absolute Gasteiger partial charge is 0.573 e. The topological polar surface area (TPSA) is 59.6 Å². The maximum Gasteiger partial charge on any atom is 0.573 e. The summed E-state index contributed by atoms with van der Waals surface area (Å²) >= 11 is 0. The molecule has 1 aromatic rings. The first kappa shape index (κ1) is 16.7. The second-order valence-electron chi connectivity index (χ2n) is 4.10. The molecule has 0 spiro atoms. The Balaban J connectivity index is 2.61. The highest BCUT2D eigenvalue weighted by Crippen LogP contribution is 2.29. The highest BCUT2D eigenvalue weighted by molar-refractivity contribution is 5.93. The van der Waals surface area contributed by atoms with E-state index in [4.69, 9.17) is 12.2 Å². The third-order valence-electron chi connectivity index (χ3n) is 2.39. The lowest BCUT2D eigenvalue weighted by molar-refractivity contribution is -0.274. The maximum atomic E-state index is 12.3. The molecule has 3 N–H and O–H groups in total. The van der Waals surface area contributed by atoms with Gasteiger partial charge in [0.2, 0.25) is 0 Å². The van der Waals surface area contributed by atoms with E-state index in [1.807, 2.05) is 0 Å². The highest BCUT2D eigenvalue weighted by Gasteiger charge is 2.32. The van der Waals surface area contributed by atoms with Crippen LogP contribution in [0.1, 0.15) is 19.3 Å². The summed E-state index contributed by atoms with van der Waals surface area (Å²) in [6, 6.07) is 5.60. The number of para-hydroxylation sites is 2. The molecule has 21 heavy (non-hydrogen) atoms. The van der Waals surface area contributed by atoms with Gasteiger partial charge in [-0.1, -0.05) is 12.1 Å². The number of halogens is 3. The van der Waals surface area contributed by atoms with E-state index in [2.05, 4.69) is 21.0 Å². The Morgan fingerprint density at radius 3 is 2.71 bits per heavy atom. The Morgan fingerprint density at radius 1 is 1.33 bits per heavy atom. The average molecular weight is 299 g/mol. The van der Waals surface area contributed by atoms with Crippen molar-refractivity contribution in [1.82, 2.24) is 0 Å². The van der Waals surface area contributed by atoms with E-state index in [9.17, 15) is 13.2 Å². The van der Waals surface area contributed by atoms with Gasteiger partial charge < -0.3 is 15.8 Å². The second-order valence-corrected chi connectivity index (χ2v) is 4.10. The SMILES string of the molecule is C#CCCCCN=C(N)Nc1ccccc1OC(F)(F)F. The number of hydrogen-bond donors (Lipinski definition) is 2. The minimum absolute atomic E-state index is 0.0222. The Hall–Kier alpha value is -2.36. The number of hydrogen-bond acceptors (Lipinski definition) is 2. The van der Waals surface area contributed by atoms with Crippen molar-refractivity contribution in [2.24, 2.45) is 10.7 Å². The second kappa shape index (κ2) is 8.04. The quantitative estimate of drug-likeness (QED) is 0.367. The summed E-state index contributed by atoms with van der Waals surface area (Å²) in [6.07, 6.45) is 2.58. The third-order valence-corrected chi connectivity index (χ3v) is 2.39. The van der Waals surface area contributed by atoms with Crippen LogP contribution in [0, 0.1) is 12.3 Å². The summed E-state index contributed by atoms with van der Waals surface area (Å²) < 4.78 is 40.7. The predicted molar refractivity (Wildman–Crippen MR) is 75.9 cm³/mol. The van der Waals surface area contributed by atoms with Gasteiger partial charge in [0.25, 0.3) is 0 Å². The van der Waals surface area contributed by atoms with Gasteiger partial charge in [-0.3, -0.25) is 4.99 Å². The number of anilines is 1. The van der Waals surface area contributed by atoms with Crippen LogP contribution in [-0.4, -0.2) is 18.9 Å². The molecule has 4 nitrogen and oxygen atoms in total. The van der Waals surface area contributed by atoms with Crippen LogP contribution in [0.3, 0.4) is 0 Å². The summed E-state index contributed by atoms with van der Waals surface area (Å²) in [5, 5.41) is 2.59. The molecule has 0 fully saturated rings. The molecule has 0 unspecified atom stereocenters. The van der Waals surface area contributed by atoms with Gasteiger partial charge in [0.15, 0.2) is 11.7 Å². The lowest BCUT2D eigenvalue weighted by Crippen LogP contribution is -2.24. The normalized spacial score (nSPS) is 11.8. The lowest BCUT2D eigenvalue weighted by Gasteiger charge is -2.14. The molecular formula is C14H16F3N3O. The summed E-state index contributed by atoms with van der Waals surface area (Å²) in [4.78, 5) is 4.01. The molecule has 0 heterocycles. The number of nitrogens with one attached hydrogen (secondary N) is 1. The van der Waals surface area contributed by atoms with Gasteiger partial charge >= 0.3 is 6.36 Å². The van der Waals surface area contributed by atoms with Crippen LogP contribution in [-0.2, 0) is 0 Å².